The van der Waals surface area contributed by atoms with Crippen LogP contribution >= 0.6 is 15.2 Å². The zero-order chi connectivity index (χ0) is 25.1. The van der Waals surface area contributed by atoms with Gasteiger partial charge in [-0.25, -0.2) is 4.79 Å². The Labute approximate surface area is 193 Å². The van der Waals surface area contributed by atoms with E-state index < -0.39 is 57.9 Å². The van der Waals surface area contributed by atoms with Crippen molar-refractivity contribution in [2.24, 2.45) is 12.2 Å². The second-order valence-corrected chi connectivity index (χ2v) is 11.6. The number of rotatable bonds is 9. The lowest BCUT2D eigenvalue weighted by atomic mass is 10.1. The molecule has 1 saturated heterocycles. The normalized spacial score (nSPS) is 25.3. The molecule has 5 N–H and O–H groups in total. The molecule has 14 nitrogen and oxygen atoms in total. The third-order valence-corrected chi connectivity index (χ3v) is 8.34. The van der Waals surface area contributed by atoms with Gasteiger partial charge >= 0.3 is 20.9 Å². The van der Waals surface area contributed by atoms with Crippen LogP contribution in [0.15, 0.2) is 52.5 Å². The molecule has 1 aliphatic rings. The predicted octanol–water partition coefficient (Wildman–Crippen LogP) is -0.824. The monoisotopic (exact) mass is 521 g/mol. The highest BCUT2D eigenvalue weighted by Gasteiger charge is 2.45. The minimum atomic E-state index is -4.84. The van der Waals surface area contributed by atoms with E-state index in [1.54, 1.807) is 0 Å². The fourth-order valence-corrected chi connectivity index (χ4v) is 5.76. The molecule has 3 rings (SSSR count). The highest BCUT2D eigenvalue weighted by Crippen LogP contribution is 2.55. The average Bonchev–Trinajstić information content (AvgIpc) is 3.03. The van der Waals surface area contributed by atoms with E-state index in [4.69, 9.17) is 19.4 Å². The summed E-state index contributed by atoms with van der Waals surface area (Å²) in [5.74, 6) is -1.42. The van der Waals surface area contributed by atoms with Gasteiger partial charge in [-0.2, -0.15) is 0 Å². The van der Waals surface area contributed by atoms with Crippen LogP contribution in [0, 0.1) is 0 Å². The molecule has 2 heterocycles. The van der Waals surface area contributed by atoms with E-state index >= 15 is 0 Å². The van der Waals surface area contributed by atoms with Crippen LogP contribution in [0.25, 0.3) is 0 Å². The molecular weight excluding hydrogens is 496 g/mol. The molecule has 34 heavy (non-hydrogen) atoms. The Balaban J connectivity index is 1.71. The third-order valence-electron chi connectivity index (χ3n) is 4.88. The lowest BCUT2D eigenvalue weighted by molar-refractivity contribution is -0.0530. The molecule has 2 unspecified atom stereocenters. The highest BCUT2D eigenvalue weighted by atomic mass is 31.2. The molecule has 188 valence electrons. The summed E-state index contributed by atoms with van der Waals surface area (Å²) in [5, 5.41) is 24.5. The Morgan fingerprint density at radius 1 is 1.09 bits per heavy atom. The number of hydrogen-bond donors (Lipinski definition) is 5. The van der Waals surface area contributed by atoms with Crippen molar-refractivity contribution in [3.05, 3.63) is 64.1 Å². The summed E-state index contributed by atoms with van der Waals surface area (Å²) in [6, 6.07) is 10.7. The maximum Gasteiger partial charge on any atom is 0.340 e. The second kappa shape index (κ2) is 10.6. The van der Waals surface area contributed by atoms with Crippen molar-refractivity contribution < 1.29 is 48.1 Å². The van der Waals surface area contributed by atoms with Crippen molar-refractivity contribution in [3.8, 4) is 0 Å². The van der Waals surface area contributed by atoms with Crippen molar-refractivity contribution in [2.45, 2.75) is 31.1 Å². The molecule has 1 fully saturated rings. The minimum absolute atomic E-state index is 0.170. The van der Waals surface area contributed by atoms with Crippen molar-refractivity contribution in [3.63, 3.8) is 0 Å². The summed E-state index contributed by atoms with van der Waals surface area (Å²) in [4.78, 5) is 45.3. The molecule has 1 aromatic heterocycles. The van der Waals surface area contributed by atoms with Gasteiger partial charge in [0.25, 0.3) is 0 Å². The Bertz CT molecular complexity index is 1210. The first-order valence-corrected chi connectivity index (χ1v) is 13.4. The number of aliphatic hydroxyl groups excluding tert-OH is 2. The first kappa shape index (κ1) is 26.5. The zero-order valence-corrected chi connectivity index (χ0v) is 19.7. The number of benzene rings is 1. The van der Waals surface area contributed by atoms with Crippen LogP contribution in [0.2, 0.25) is 0 Å². The van der Waals surface area contributed by atoms with E-state index in [9.17, 15) is 29.0 Å². The molecule has 0 radical (unpaired) electrons. The quantitative estimate of drug-likeness (QED) is 0.204. The molecule has 0 amide bonds. The molecule has 16 heteroatoms. The summed E-state index contributed by atoms with van der Waals surface area (Å²) in [5.41, 5.74) is 0.376. The smallest absolute Gasteiger partial charge is 0.340 e. The van der Waals surface area contributed by atoms with Gasteiger partial charge in [-0.05, 0) is 5.56 Å². The van der Waals surface area contributed by atoms with E-state index in [1.807, 2.05) is 30.3 Å². The molecule has 0 saturated carbocycles. The summed E-state index contributed by atoms with van der Waals surface area (Å²) in [7, 11) is -8.12. The summed E-state index contributed by atoms with van der Waals surface area (Å²) in [6.07, 6.45) is -4.68. The number of hydrogen-bond acceptors (Lipinski definition) is 9. The van der Waals surface area contributed by atoms with Crippen LogP contribution in [0.4, 0.5) is 0 Å². The standard InChI is InChI=1S/C18H25N3O11P2/c1-20-14(19-30-9-12-5-3-2-4-6-12)7-8-21(18(20)24)17-16(23)15(22)13(32-17)10-31-34(28,29)11-33(25,26)27/h2-8,13,15-17,22-23H,9-11H2,1H3,(H,28,29)(H2,25,26,27)/b19-14-/t13-,15+,16?,17-/m1/s1. The van der Waals surface area contributed by atoms with Crippen LogP contribution in [0.5, 0.6) is 0 Å². The van der Waals surface area contributed by atoms with Gasteiger partial charge in [0, 0.05) is 19.3 Å². The largest absolute Gasteiger partial charge is 0.389 e. The van der Waals surface area contributed by atoms with Crippen molar-refractivity contribution in [1.82, 2.24) is 9.13 Å². The van der Waals surface area contributed by atoms with Crippen LogP contribution < -0.4 is 11.2 Å². The van der Waals surface area contributed by atoms with Gasteiger partial charge < -0.3 is 39.0 Å². The van der Waals surface area contributed by atoms with Crippen molar-refractivity contribution in [2.75, 3.05) is 12.5 Å². The van der Waals surface area contributed by atoms with Crippen LogP contribution in [-0.4, -0.2) is 64.8 Å². The highest BCUT2D eigenvalue weighted by molar-refractivity contribution is 7.70. The average molecular weight is 521 g/mol. The number of ether oxygens (including phenoxy) is 1. The Morgan fingerprint density at radius 3 is 2.41 bits per heavy atom. The van der Waals surface area contributed by atoms with Crippen LogP contribution in [0.1, 0.15) is 11.8 Å². The van der Waals surface area contributed by atoms with E-state index in [-0.39, 0.29) is 12.1 Å². The molecule has 2 aromatic rings. The van der Waals surface area contributed by atoms with Crippen molar-refractivity contribution >= 4 is 15.2 Å². The SMILES string of the molecule is Cn1c(=O)n([C@@H]2O[C@H](COP(=O)(O)CP(=O)(O)O)[C@H](O)C2O)cc/c1=N/OCc1ccccc1. The van der Waals surface area contributed by atoms with Crippen molar-refractivity contribution in [1.29, 1.82) is 0 Å². The number of nitrogens with zero attached hydrogens (tertiary/aromatic N) is 3. The number of aliphatic hydroxyl groups is 2. The molecule has 0 bridgehead atoms. The molecule has 5 atom stereocenters. The first-order chi connectivity index (χ1) is 15.9. The maximum absolute atomic E-state index is 12.8. The van der Waals surface area contributed by atoms with Crippen LogP contribution in [-0.2, 0) is 36.9 Å². The van der Waals surface area contributed by atoms with Gasteiger partial charge in [0.2, 0.25) is 0 Å². The van der Waals surface area contributed by atoms with Gasteiger partial charge in [0.15, 0.2) is 17.6 Å². The van der Waals surface area contributed by atoms with Gasteiger partial charge in [0.05, 0.1) is 6.61 Å². The lowest BCUT2D eigenvalue weighted by Crippen LogP contribution is -2.42. The molecule has 0 aliphatic carbocycles. The van der Waals surface area contributed by atoms with E-state index in [0.717, 1.165) is 14.7 Å². The van der Waals surface area contributed by atoms with Gasteiger partial charge in [-0.15, -0.1) is 0 Å². The Morgan fingerprint density at radius 2 is 1.76 bits per heavy atom. The maximum atomic E-state index is 12.8. The molecule has 0 spiro atoms. The fraction of sp³-hybridized carbons (Fsp3) is 0.444. The topological polar surface area (TPSA) is 202 Å². The fourth-order valence-electron chi connectivity index (χ4n) is 3.19. The van der Waals surface area contributed by atoms with Crippen LogP contribution in [0.3, 0.4) is 0 Å². The van der Waals surface area contributed by atoms with E-state index in [1.165, 1.54) is 19.3 Å². The van der Waals surface area contributed by atoms with Gasteiger partial charge in [-0.1, -0.05) is 35.5 Å². The lowest BCUT2D eigenvalue weighted by Gasteiger charge is -2.19. The molecular formula is C18H25N3O11P2. The summed E-state index contributed by atoms with van der Waals surface area (Å²) in [6.45, 7) is -0.580. The zero-order valence-electron chi connectivity index (χ0n) is 17.9. The van der Waals surface area contributed by atoms with E-state index in [2.05, 4.69) is 9.68 Å². The second-order valence-electron chi connectivity index (χ2n) is 7.56. The predicted molar refractivity (Wildman–Crippen MR) is 115 cm³/mol. The molecule has 1 aliphatic heterocycles. The first-order valence-electron chi connectivity index (χ1n) is 9.88. The summed E-state index contributed by atoms with van der Waals surface area (Å²) < 4.78 is 34.9. The Kier molecular flexibility index (Phi) is 8.30. The minimum Gasteiger partial charge on any atom is -0.389 e. The number of aromatic nitrogens is 2. The van der Waals surface area contributed by atoms with E-state index in [0.29, 0.717) is 0 Å². The van der Waals surface area contributed by atoms with Gasteiger partial charge in [0.1, 0.15) is 24.9 Å². The Hall–Kier alpha value is -2.12. The third kappa shape index (κ3) is 6.72. The summed E-state index contributed by atoms with van der Waals surface area (Å²) >= 11 is 0. The molecule has 1 aromatic carbocycles. The van der Waals surface area contributed by atoms with Gasteiger partial charge in [-0.3, -0.25) is 18.3 Å².